The predicted molar refractivity (Wildman–Crippen MR) is 78.1 cm³/mol. The number of hydrogen-bond donors (Lipinski definition) is 2. The molecule has 1 heterocycles. The van der Waals surface area contributed by atoms with Gasteiger partial charge in [0.25, 0.3) is 0 Å². The molecule has 1 amide bonds. The average molecular weight is 260 g/mol. The SMILES string of the molecule is CC(CCNC(=O)CC1CCCN1)c1ccccc1. The van der Waals surface area contributed by atoms with Crippen LogP contribution in [0.4, 0.5) is 0 Å². The van der Waals surface area contributed by atoms with Gasteiger partial charge in [-0.1, -0.05) is 37.3 Å². The summed E-state index contributed by atoms with van der Waals surface area (Å²) in [5.74, 6) is 0.672. The molecule has 1 fully saturated rings. The van der Waals surface area contributed by atoms with Crippen molar-refractivity contribution in [2.75, 3.05) is 13.1 Å². The van der Waals surface area contributed by atoms with Gasteiger partial charge in [0, 0.05) is 19.0 Å². The quantitative estimate of drug-likeness (QED) is 0.825. The molecule has 1 aromatic rings. The number of carbonyl (C=O) groups excluding carboxylic acids is 1. The molecule has 0 aromatic heterocycles. The summed E-state index contributed by atoms with van der Waals surface area (Å²) in [6, 6.07) is 10.9. The first kappa shape index (κ1) is 14.1. The summed E-state index contributed by atoms with van der Waals surface area (Å²) in [6.45, 7) is 4.03. The third kappa shape index (κ3) is 4.67. The van der Waals surface area contributed by atoms with Crippen LogP contribution in [0.15, 0.2) is 30.3 Å². The van der Waals surface area contributed by atoms with Crippen molar-refractivity contribution in [1.82, 2.24) is 10.6 Å². The highest BCUT2D eigenvalue weighted by molar-refractivity contribution is 5.76. The van der Waals surface area contributed by atoms with Crippen molar-refractivity contribution in [3.05, 3.63) is 35.9 Å². The number of benzene rings is 1. The van der Waals surface area contributed by atoms with Gasteiger partial charge < -0.3 is 10.6 Å². The summed E-state index contributed by atoms with van der Waals surface area (Å²) in [7, 11) is 0. The summed E-state index contributed by atoms with van der Waals surface area (Å²) in [5.41, 5.74) is 1.34. The second kappa shape index (κ2) is 7.29. The molecule has 0 saturated carbocycles. The molecule has 0 radical (unpaired) electrons. The molecule has 19 heavy (non-hydrogen) atoms. The lowest BCUT2D eigenvalue weighted by atomic mass is 9.98. The average Bonchev–Trinajstić information content (AvgIpc) is 2.92. The van der Waals surface area contributed by atoms with Gasteiger partial charge in [-0.3, -0.25) is 4.79 Å². The van der Waals surface area contributed by atoms with E-state index in [1.165, 1.54) is 12.0 Å². The van der Waals surface area contributed by atoms with Crippen molar-refractivity contribution in [1.29, 1.82) is 0 Å². The van der Waals surface area contributed by atoms with E-state index in [1.807, 2.05) is 6.07 Å². The first-order chi connectivity index (χ1) is 9.25. The maximum Gasteiger partial charge on any atom is 0.221 e. The summed E-state index contributed by atoms with van der Waals surface area (Å²) in [4.78, 5) is 11.8. The van der Waals surface area contributed by atoms with E-state index in [1.54, 1.807) is 0 Å². The Labute approximate surface area is 115 Å². The fraction of sp³-hybridized carbons (Fsp3) is 0.562. The molecule has 2 atom stereocenters. The first-order valence-corrected chi connectivity index (χ1v) is 7.30. The predicted octanol–water partition coefficient (Wildman–Crippen LogP) is 2.44. The Morgan fingerprint density at radius 1 is 1.42 bits per heavy atom. The summed E-state index contributed by atoms with van der Waals surface area (Å²) >= 11 is 0. The summed E-state index contributed by atoms with van der Waals surface area (Å²) < 4.78 is 0. The lowest BCUT2D eigenvalue weighted by Gasteiger charge is -2.14. The molecule has 0 aliphatic carbocycles. The van der Waals surface area contributed by atoms with Crippen LogP contribution in [0.3, 0.4) is 0 Å². The van der Waals surface area contributed by atoms with Crippen LogP contribution in [-0.2, 0) is 4.79 Å². The van der Waals surface area contributed by atoms with Gasteiger partial charge in [-0.05, 0) is 37.3 Å². The molecular formula is C16H24N2O. The van der Waals surface area contributed by atoms with Crippen LogP contribution in [0, 0.1) is 0 Å². The fourth-order valence-electron chi connectivity index (χ4n) is 2.60. The maximum atomic E-state index is 11.8. The van der Waals surface area contributed by atoms with Gasteiger partial charge in [0.2, 0.25) is 5.91 Å². The number of amides is 1. The van der Waals surface area contributed by atoms with Gasteiger partial charge in [-0.15, -0.1) is 0 Å². The largest absolute Gasteiger partial charge is 0.356 e. The Balaban J connectivity index is 1.64. The van der Waals surface area contributed by atoms with Crippen LogP contribution < -0.4 is 10.6 Å². The molecule has 1 saturated heterocycles. The number of carbonyl (C=O) groups is 1. The van der Waals surface area contributed by atoms with Crippen LogP contribution in [0.5, 0.6) is 0 Å². The number of rotatable bonds is 6. The first-order valence-electron chi connectivity index (χ1n) is 7.30. The minimum absolute atomic E-state index is 0.180. The van der Waals surface area contributed by atoms with Crippen molar-refractivity contribution in [3.8, 4) is 0 Å². The molecule has 2 rings (SSSR count). The van der Waals surface area contributed by atoms with E-state index in [9.17, 15) is 4.79 Å². The molecule has 3 nitrogen and oxygen atoms in total. The number of hydrogen-bond acceptors (Lipinski definition) is 2. The van der Waals surface area contributed by atoms with E-state index in [-0.39, 0.29) is 5.91 Å². The van der Waals surface area contributed by atoms with E-state index in [0.717, 1.165) is 25.9 Å². The third-order valence-electron chi connectivity index (χ3n) is 3.86. The molecule has 0 bridgehead atoms. The highest BCUT2D eigenvalue weighted by atomic mass is 16.1. The molecule has 0 spiro atoms. The molecular weight excluding hydrogens is 236 g/mol. The third-order valence-corrected chi connectivity index (χ3v) is 3.86. The molecule has 3 heteroatoms. The zero-order chi connectivity index (χ0) is 13.5. The summed E-state index contributed by atoms with van der Waals surface area (Å²) in [6.07, 6.45) is 3.95. The minimum Gasteiger partial charge on any atom is -0.356 e. The summed E-state index contributed by atoms with van der Waals surface area (Å²) in [5, 5.41) is 6.38. The Morgan fingerprint density at radius 2 is 2.21 bits per heavy atom. The fourth-order valence-corrected chi connectivity index (χ4v) is 2.60. The maximum absolute atomic E-state index is 11.8. The molecule has 104 valence electrons. The van der Waals surface area contributed by atoms with Gasteiger partial charge in [-0.25, -0.2) is 0 Å². The smallest absolute Gasteiger partial charge is 0.221 e. The van der Waals surface area contributed by atoms with Gasteiger partial charge in [0.05, 0.1) is 0 Å². The lowest BCUT2D eigenvalue weighted by Crippen LogP contribution is -2.32. The van der Waals surface area contributed by atoms with Crippen LogP contribution in [0.2, 0.25) is 0 Å². The Kier molecular flexibility index (Phi) is 5.40. The monoisotopic (exact) mass is 260 g/mol. The van der Waals surface area contributed by atoms with E-state index in [0.29, 0.717) is 18.4 Å². The Hall–Kier alpha value is -1.35. The van der Waals surface area contributed by atoms with Crippen LogP contribution in [0.25, 0.3) is 0 Å². The van der Waals surface area contributed by atoms with E-state index in [4.69, 9.17) is 0 Å². The molecule has 2 N–H and O–H groups in total. The lowest BCUT2D eigenvalue weighted by molar-refractivity contribution is -0.121. The molecule has 2 unspecified atom stereocenters. The van der Waals surface area contributed by atoms with Crippen molar-refractivity contribution in [2.45, 2.75) is 44.6 Å². The van der Waals surface area contributed by atoms with Crippen LogP contribution in [0.1, 0.15) is 44.1 Å². The standard InChI is InChI=1S/C16H24N2O/c1-13(14-6-3-2-4-7-14)9-11-18-16(19)12-15-8-5-10-17-15/h2-4,6-7,13,15,17H,5,8-12H2,1H3,(H,18,19). The van der Waals surface area contributed by atoms with Gasteiger partial charge in [-0.2, -0.15) is 0 Å². The van der Waals surface area contributed by atoms with Crippen molar-refractivity contribution in [3.63, 3.8) is 0 Å². The topological polar surface area (TPSA) is 41.1 Å². The second-order valence-corrected chi connectivity index (χ2v) is 5.45. The second-order valence-electron chi connectivity index (χ2n) is 5.45. The molecule has 1 aromatic carbocycles. The number of nitrogens with one attached hydrogen (secondary N) is 2. The highest BCUT2D eigenvalue weighted by Crippen LogP contribution is 2.17. The van der Waals surface area contributed by atoms with E-state index >= 15 is 0 Å². The zero-order valence-corrected chi connectivity index (χ0v) is 11.7. The molecule has 1 aliphatic heterocycles. The van der Waals surface area contributed by atoms with E-state index < -0.39 is 0 Å². The Morgan fingerprint density at radius 3 is 2.89 bits per heavy atom. The van der Waals surface area contributed by atoms with Gasteiger partial charge in [0.1, 0.15) is 0 Å². The highest BCUT2D eigenvalue weighted by Gasteiger charge is 2.17. The van der Waals surface area contributed by atoms with E-state index in [2.05, 4.69) is 41.8 Å². The normalized spacial score (nSPS) is 20.2. The Bertz CT molecular complexity index is 385. The van der Waals surface area contributed by atoms with Crippen molar-refractivity contribution >= 4 is 5.91 Å². The van der Waals surface area contributed by atoms with Crippen LogP contribution in [-0.4, -0.2) is 25.0 Å². The van der Waals surface area contributed by atoms with Gasteiger partial charge in [0.15, 0.2) is 0 Å². The van der Waals surface area contributed by atoms with Crippen molar-refractivity contribution < 1.29 is 4.79 Å². The zero-order valence-electron chi connectivity index (χ0n) is 11.7. The van der Waals surface area contributed by atoms with Crippen molar-refractivity contribution in [2.24, 2.45) is 0 Å². The molecule has 1 aliphatic rings. The minimum atomic E-state index is 0.180. The van der Waals surface area contributed by atoms with Gasteiger partial charge >= 0.3 is 0 Å². The van der Waals surface area contributed by atoms with Crippen LogP contribution >= 0.6 is 0 Å².